The van der Waals surface area contributed by atoms with Gasteiger partial charge in [0.15, 0.2) is 0 Å². The van der Waals surface area contributed by atoms with E-state index in [0.717, 1.165) is 50.3 Å². The molecule has 278 valence electrons. The molecular weight excluding hydrogens is 757 g/mol. The van der Waals surface area contributed by atoms with Gasteiger partial charge >= 0.3 is 0 Å². The Kier molecular flexibility index (Phi) is 7.13. The quantitative estimate of drug-likeness (QED) is 0.177. The first-order valence-corrected chi connectivity index (χ1v) is 21.9. The summed E-state index contributed by atoms with van der Waals surface area (Å²) >= 11 is 3.79. The van der Waals surface area contributed by atoms with Crippen LogP contribution in [0.4, 0.5) is 0 Å². The lowest BCUT2D eigenvalue weighted by Crippen LogP contribution is -1.94. The highest BCUT2D eigenvalue weighted by atomic mass is 32.1. The fraction of sp³-hybridized carbons (Fsp3) is 0.0545. The number of rotatable bonds is 4. The Balaban J connectivity index is 0.912. The maximum Gasteiger partial charge on any atom is 0.135 e. The Morgan fingerprint density at radius 3 is 1.53 bits per heavy atom. The molecule has 13 rings (SSSR count). The Hall–Kier alpha value is -6.72. The van der Waals surface area contributed by atoms with Crippen molar-refractivity contribution >= 4 is 112 Å². The molecule has 4 aromatic heterocycles. The molecular formula is C55H34O2S2. The number of fused-ring (bicyclic) bond motifs is 13. The van der Waals surface area contributed by atoms with E-state index in [-0.39, 0.29) is 0 Å². The van der Waals surface area contributed by atoms with Gasteiger partial charge < -0.3 is 8.83 Å². The van der Waals surface area contributed by atoms with Crippen LogP contribution in [-0.4, -0.2) is 0 Å². The molecule has 0 aliphatic heterocycles. The van der Waals surface area contributed by atoms with E-state index in [2.05, 4.69) is 177 Å². The van der Waals surface area contributed by atoms with Crippen molar-refractivity contribution in [2.45, 2.75) is 13.3 Å². The molecule has 4 heteroatoms. The van der Waals surface area contributed by atoms with E-state index in [4.69, 9.17) is 8.83 Å². The molecule has 12 aromatic rings. The minimum absolute atomic E-state index is 0.550. The van der Waals surface area contributed by atoms with Gasteiger partial charge in [0.2, 0.25) is 0 Å². The zero-order chi connectivity index (χ0) is 38.8. The molecule has 0 N–H and O–H groups in total. The van der Waals surface area contributed by atoms with Crippen LogP contribution in [0.2, 0.25) is 0 Å². The van der Waals surface area contributed by atoms with Crippen LogP contribution in [0.25, 0.3) is 123 Å². The summed E-state index contributed by atoms with van der Waals surface area (Å²) in [5.41, 5.74) is 13.4. The molecule has 4 heterocycles. The fourth-order valence-corrected chi connectivity index (χ4v) is 11.8. The van der Waals surface area contributed by atoms with E-state index in [1.807, 2.05) is 22.7 Å². The molecule has 0 saturated carbocycles. The standard InChI is InChI=1S/C55H34O2S2/c1-31-6-5-9-33(24-31)35-11-18-48-42(26-35)44-27-36(12-19-50(44)57-48)38-14-21-51-45(29-38)40-16-23-53-54(55(40)59-51)46-30-39(15-22-52(46)58-53)37-13-20-49-43(28-37)41-25-34(10-17-47(41)56-49)32-7-3-2-4-8-32/h2-5,7-31H,6H2,1H3. The van der Waals surface area contributed by atoms with Crippen LogP contribution in [-0.2, 0) is 0 Å². The van der Waals surface area contributed by atoms with Crippen molar-refractivity contribution in [3.05, 3.63) is 175 Å². The Morgan fingerprint density at radius 1 is 0.424 bits per heavy atom. The minimum atomic E-state index is 0.550. The van der Waals surface area contributed by atoms with Crippen molar-refractivity contribution in [1.82, 2.24) is 0 Å². The lowest BCUT2D eigenvalue weighted by molar-refractivity contribution is 0.668. The summed E-state index contributed by atoms with van der Waals surface area (Å²) in [6.07, 6.45) is 8.02. The number of furan rings is 2. The van der Waals surface area contributed by atoms with E-state index in [1.165, 1.54) is 84.9 Å². The van der Waals surface area contributed by atoms with E-state index in [1.54, 1.807) is 0 Å². The largest absolute Gasteiger partial charge is 0.456 e. The highest BCUT2D eigenvalue weighted by Crippen LogP contribution is 2.47. The van der Waals surface area contributed by atoms with Gasteiger partial charge in [-0.1, -0.05) is 97.9 Å². The summed E-state index contributed by atoms with van der Waals surface area (Å²) in [6.45, 7) is 2.28. The van der Waals surface area contributed by atoms with Gasteiger partial charge in [-0.3, -0.25) is 0 Å². The van der Waals surface area contributed by atoms with Gasteiger partial charge in [0.1, 0.15) is 22.3 Å². The van der Waals surface area contributed by atoms with Gasteiger partial charge in [-0.05, 0) is 136 Å². The van der Waals surface area contributed by atoms with E-state index in [0.29, 0.717) is 5.92 Å². The number of hydrogen-bond acceptors (Lipinski definition) is 4. The predicted molar refractivity (Wildman–Crippen MR) is 254 cm³/mol. The molecule has 2 nitrogen and oxygen atoms in total. The van der Waals surface area contributed by atoms with Crippen molar-refractivity contribution < 1.29 is 8.83 Å². The van der Waals surface area contributed by atoms with Crippen LogP contribution >= 0.6 is 22.7 Å². The maximum atomic E-state index is 6.34. The lowest BCUT2D eigenvalue weighted by Gasteiger charge is -2.12. The number of allylic oxidation sites excluding steroid dienone is 4. The normalized spacial score (nSPS) is 14.7. The lowest BCUT2D eigenvalue weighted by atomic mass is 9.93. The van der Waals surface area contributed by atoms with Crippen molar-refractivity contribution in [3.63, 3.8) is 0 Å². The predicted octanol–water partition coefficient (Wildman–Crippen LogP) is 17.2. The Labute approximate surface area is 347 Å². The molecule has 1 unspecified atom stereocenters. The zero-order valence-corrected chi connectivity index (χ0v) is 33.7. The van der Waals surface area contributed by atoms with Gasteiger partial charge in [-0.2, -0.15) is 0 Å². The fourth-order valence-electron chi connectivity index (χ4n) is 9.39. The third-order valence-electron chi connectivity index (χ3n) is 12.4. The molecule has 1 aliphatic rings. The SMILES string of the molecule is CC1C=C(c2ccc3oc4ccc(-c5ccc6sc7c(ccc8sc9ccc(-c%10ccc%11oc%12ccc(-c%13ccccc%13)cc%12c%11c%10)cc9c87)c6c5)cc4c3c2)C=CC1. The summed E-state index contributed by atoms with van der Waals surface area (Å²) in [5.74, 6) is 0.550. The summed E-state index contributed by atoms with van der Waals surface area (Å²) in [5, 5.41) is 9.88. The smallest absolute Gasteiger partial charge is 0.135 e. The average Bonchev–Trinajstić information content (AvgIpc) is 4.05. The van der Waals surface area contributed by atoms with Crippen molar-refractivity contribution in [1.29, 1.82) is 0 Å². The van der Waals surface area contributed by atoms with Crippen molar-refractivity contribution in [2.75, 3.05) is 0 Å². The third kappa shape index (κ3) is 5.23. The van der Waals surface area contributed by atoms with Crippen LogP contribution < -0.4 is 0 Å². The average molecular weight is 791 g/mol. The first kappa shape index (κ1) is 33.3. The van der Waals surface area contributed by atoms with Crippen LogP contribution in [0.1, 0.15) is 18.9 Å². The molecule has 0 spiro atoms. The number of hydrogen-bond donors (Lipinski definition) is 0. The summed E-state index contributed by atoms with van der Waals surface area (Å²) in [6, 6.07) is 55.6. The molecule has 0 radical (unpaired) electrons. The third-order valence-corrected chi connectivity index (χ3v) is 14.7. The summed E-state index contributed by atoms with van der Waals surface area (Å²) in [4.78, 5) is 0. The number of thiophene rings is 2. The van der Waals surface area contributed by atoms with Gasteiger partial charge in [0.05, 0.1) is 0 Å². The van der Waals surface area contributed by atoms with Crippen LogP contribution in [0, 0.1) is 5.92 Å². The minimum Gasteiger partial charge on any atom is -0.456 e. The second-order valence-corrected chi connectivity index (χ2v) is 18.2. The van der Waals surface area contributed by atoms with Crippen LogP contribution in [0.3, 0.4) is 0 Å². The monoisotopic (exact) mass is 790 g/mol. The molecule has 1 aliphatic carbocycles. The number of benzene rings is 8. The van der Waals surface area contributed by atoms with Gasteiger partial charge in [-0.25, -0.2) is 0 Å². The molecule has 59 heavy (non-hydrogen) atoms. The zero-order valence-electron chi connectivity index (χ0n) is 32.1. The van der Waals surface area contributed by atoms with Crippen LogP contribution in [0.15, 0.2) is 179 Å². The molecule has 0 fully saturated rings. The molecule has 0 saturated heterocycles. The van der Waals surface area contributed by atoms with Gasteiger partial charge in [-0.15, -0.1) is 22.7 Å². The first-order valence-electron chi connectivity index (χ1n) is 20.3. The summed E-state index contributed by atoms with van der Waals surface area (Å²) in [7, 11) is 0. The topological polar surface area (TPSA) is 26.3 Å². The first-order chi connectivity index (χ1) is 29.1. The second kappa shape index (κ2) is 12.6. The van der Waals surface area contributed by atoms with Crippen molar-refractivity contribution in [2.24, 2.45) is 5.92 Å². The highest BCUT2D eigenvalue weighted by molar-refractivity contribution is 7.29. The maximum absolute atomic E-state index is 6.34. The molecule has 1 atom stereocenters. The van der Waals surface area contributed by atoms with E-state index in [9.17, 15) is 0 Å². The summed E-state index contributed by atoms with van der Waals surface area (Å²) < 4.78 is 18.0. The molecule has 0 amide bonds. The van der Waals surface area contributed by atoms with Crippen molar-refractivity contribution in [3.8, 4) is 33.4 Å². The van der Waals surface area contributed by atoms with E-state index < -0.39 is 0 Å². The Bertz CT molecular complexity index is 3770. The highest BCUT2D eigenvalue weighted by Gasteiger charge is 2.18. The van der Waals surface area contributed by atoms with Gasteiger partial charge in [0.25, 0.3) is 0 Å². The van der Waals surface area contributed by atoms with Gasteiger partial charge in [0, 0.05) is 61.9 Å². The van der Waals surface area contributed by atoms with Crippen LogP contribution in [0.5, 0.6) is 0 Å². The van der Waals surface area contributed by atoms with E-state index >= 15 is 0 Å². The molecule has 8 aromatic carbocycles. The molecule has 0 bridgehead atoms. The Morgan fingerprint density at radius 2 is 0.915 bits per heavy atom. The second-order valence-electron chi connectivity index (χ2n) is 16.1.